The van der Waals surface area contributed by atoms with E-state index in [0.717, 1.165) is 12.1 Å². The first kappa shape index (κ1) is 19.5. The molecular weight excluding hydrogens is 414 g/mol. The number of hydrogen-bond acceptors (Lipinski definition) is 5. The summed E-state index contributed by atoms with van der Waals surface area (Å²) in [6, 6.07) is 13.5. The monoisotopic (exact) mass is 426 g/mol. The van der Waals surface area contributed by atoms with E-state index in [-0.39, 0.29) is 10.6 Å². The number of benzene rings is 2. The van der Waals surface area contributed by atoms with Crippen LogP contribution in [0.4, 0.5) is 26.0 Å². The van der Waals surface area contributed by atoms with Gasteiger partial charge in [0.05, 0.1) is 10.6 Å². The van der Waals surface area contributed by atoms with E-state index in [1.54, 1.807) is 59.5 Å². The number of carbonyl (C=O) groups excluding carboxylic acids is 1. The quantitative estimate of drug-likeness (QED) is 0.456. The van der Waals surface area contributed by atoms with Crippen molar-refractivity contribution in [1.82, 2.24) is 20.0 Å². The third-order valence-corrected chi connectivity index (χ3v) is 4.37. The van der Waals surface area contributed by atoms with Gasteiger partial charge in [-0.05, 0) is 54.6 Å². The highest BCUT2D eigenvalue weighted by Crippen LogP contribution is 2.22. The van der Waals surface area contributed by atoms with Crippen molar-refractivity contribution in [2.75, 3.05) is 10.6 Å². The number of nitrogens with zero attached hydrogens (tertiary/aromatic N) is 4. The number of aromatic nitrogens is 4. The summed E-state index contributed by atoms with van der Waals surface area (Å²) >= 11 is 5.83. The Hall–Kier alpha value is -3.85. The molecule has 2 heterocycles. The van der Waals surface area contributed by atoms with Gasteiger partial charge in [-0.25, -0.2) is 13.5 Å². The van der Waals surface area contributed by atoms with Crippen LogP contribution < -0.4 is 10.6 Å². The number of amides is 1. The van der Waals surface area contributed by atoms with Gasteiger partial charge in [-0.3, -0.25) is 4.79 Å². The molecule has 0 fully saturated rings. The number of halogens is 3. The predicted molar refractivity (Wildman–Crippen MR) is 108 cm³/mol. The van der Waals surface area contributed by atoms with Gasteiger partial charge in [0.15, 0.2) is 23.3 Å². The van der Waals surface area contributed by atoms with Crippen molar-refractivity contribution in [3.8, 4) is 5.82 Å². The van der Waals surface area contributed by atoms with Crippen LogP contribution in [0.3, 0.4) is 0 Å². The summed E-state index contributed by atoms with van der Waals surface area (Å²) < 4.78 is 28.1. The van der Waals surface area contributed by atoms with Crippen LogP contribution in [0, 0.1) is 11.6 Å². The zero-order valence-electron chi connectivity index (χ0n) is 15.2. The largest absolute Gasteiger partial charge is 0.339 e. The molecule has 2 aromatic carbocycles. The number of carbonyl (C=O) groups is 1. The lowest BCUT2D eigenvalue weighted by molar-refractivity contribution is 0.102. The molecule has 0 atom stereocenters. The minimum Gasteiger partial charge on any atom is -0.339 e. The maximum atomic E-state index is 13.4. The molecule has 0 saturated carbocycles. The third-order valence-electron chi connectivity index (χ3n) is 4.06. The lowest BCUT2D eigenvalue weighted by Gasteiger charge is -2.09. The molecule has 7 nitrogen and oxygen atoms in total. The van der Waals surface area contributed by atoms with Crippen LogP contribution in [0.25, 0.3) is 5.82 Å². The number of nitrogens with one attached hydrogen (secondary N) is 2. The Bertz CT molecular complexity index is 1180. The van der Waals surface area contributed by atoms with Crippen LogP contribution in [0.1, 0.15) is 10.4 Å². The van der Waals surface area contributed by atoms with E-state index in [1.807, 2.05) is 0 Å². The van der Waals surface area contributed by atoms with E-state index >= 15 is 0 Å². The molecule has 2 aromatic heterocycles. The second kappa shape index (κ2) is 8.26. The van der Waals surface area contributed by atoms with Gasteiger partial charge in [-0.1, -0.05) is 11.6 Å². The average Bonchev–Trinajstić information content (AvgIpc) is 3.27. The summed E-state index contributed by atoms with van der Waals surface area (Å²) in [5, 5.41) is 17.8. The fourth-order valence-corrected chi connectivity index (χ4v) is 2.83. The average molecular weight is 427 g/mol. The van der Waals surface area contributed by atoms with Crippen LogP contribution in [0.5, 0.6) is 0 Å². The highest BCUT2D eigenvalue weighted by Gasteiger charge is 2.15. The van der Waals surface area contributed by atoms with E-state index in [4.69, 9.17) is 11.6 Å². The summed E-state index contributed by atoms with van der Waals surface area (Å²) in [6.45, 7) is 0. The van der Waals surface area contributed by atoms with Gasteiger partial charge in [-0.15, -0.1) is 10.2 Å². The van der Waals surface area contributed by atoms with Crippen molar-refractivity contribution in [1.29, 1.82) is 0 Å². The fraction of sp³-hybridized carbons (Fsp3) is 0. The van der Waals surface area contributed by atoms with Crippen molar-refractivity contribution < 1.29 is 13.6 Å². The first-order valence-corrected chi connectivity index (χ1v) is 9.04. The Morgan fingerprint density at radius 1 is 0.967 bits per heavy atom. The molecule has 150 valence electrons. The Labute approximate surface area is 174 Å². The molecule has 0 aliphatic heterocycles. The number of hydrogen-bond donors (Lipinski definition) is 2. The van der Waals surface area contributed by atoms with Gasteiger partial charge in [0.1, 0.15) is 0 Å². The second-order valence-corrected chi connectivity index (χ2v) is 6.54. The van der Waals surface area contributed by atoms with Crippen molar-refractivity contribution >= 4 is 34.7 Å². The molecule has 0 spiro atoms. The lowest BCUT2D eigenvalue weighted by atomic mass is 10.2. The van der Waals surface area contributed by atoms with E-state index in [2.05, 4.69) is 25.9 Å². The molecule has 0 aliphatic rings. The van der Waals surface area contributed by atoms with Crippen LogP contribution in [-0.2, 0) is 0 Å². The van der Waals surface area contributed by atoms with E-state index in [1.165, 1.54) is 0 Å². The highest BCUT2D eigenvalue weighted by atomic mass is 35.5. The van der Waals surface area contributed by atoms with Crippen molar-refractivity contribution in [3.63, 3.8) is 0 Å². The molecule has 2 N–H and O–H groups in total. The molecule has 0 bridgehead atoms. The summed E-state index contributed by atoms with van der Waals surface area (Å²) in [7, 11) is 0. The minimum atomic E-state index is -1.15. The zero-order chi connectivity index (χ0) is 21.1. The lowest BCUT2D eigenvalue weighted by Crippen LogP contribution is -2.13. The molecule has 10 heteroatoms. The normalized spacial score (nSPS) is 10.6. The summed E-state index contributed by atoms with van der Waals surface area (Å²) in [5.41, 5.74) is 0.997. The van der Waals surface area contributed by atoms with E-state index in [0.29, 0.717) is 23.0 Å². The van der Waals surface area contributed by atoms with Gasteiger partial charge in [0.2, 0.25) is 0 Å². The molecule has 0 radical (unpaired) electrons. The van der Waals surface area contributed by atoms with Crippen LogP contribution in [-0.4, -0.2) is 25.9 Å². The molecule has 30 heavy (non-hydrogen) atoms. The molecule has 0 unspecified atom stereocenters. The first-order chi connectivity index (χ1) is 14.5. The first-order valence-electron chi connectivity index (χ1n) is 8.66. The Balaban J connectivity index is 1.42. The SMILES string of the molecule is O=C(Nc1ccc(Nc2ccc(-n3cccn3)nn2)cc1)c1cc(F)c(F)cc1Cl. The van der Waals surface area contributed by atoms with Crippen molar-refractivity contribution in [2.24, 2.45) is 0 Å². The van der Waals surface area contributed by atoms with Crippen LogP contribution >= 0.6 is 11.6 Å². The topological polar surface area (TPSA) is 84.7 Å². The summed E-state index contributed by atoms with van der Waals surface area (Å²) in [4.78, 5) is 12.3. The molecule has 1 amide bonds. The summed E-state index contributed by atoms with van der Waals surface area (Å²) in [5.74, 6) is -1.81. The highest BCUT2D eigenvalue weighted by molar-refractivity contribution is 6.34. The third kappa shape index (κ3) is 4.26. The summed E-state index contributed by atoms with van der Waals surface area (Å²) in [6.07, 6.45) is 3.41. The van der Waals surface area contributed by atoms with Gasteiger partial charge >= 0.3 is 0 Å². The Morgan fingerprint density at radius 3 is 2.37 bits per heavy atom. The van der Waals surface area contributed by atoms with Crippen LogP contribution in [0.15, 0.2) is 67.0 Å². The van der Waals surface area contributed by atoms with E-state index in [9.17, 15) is 13.6 Å². The fourth-order valence-electron chi connectivity index (χ4n) is 2.60. The maximum Gasteiger partial charge on any atom is 0.257 e. The van der Waals surface area contributed by atoms with Crippen LogP contribution in [0.2, 0.25) is 5.02 Å². The van der Waals surface area contributed by atoms with Gasteiger partial charge in [-0.2, -0.15) is 5.10 Å². The standard InChI is InChI=1S/C20H13ClF2N6O/c21-15-11-17(23)16(22)10-14(15)20(30)26-13-4-2-12(3-5-13)25-18-6-7-19(28-27-18)29-9-1-8-24-29/h1-11H,(H,25,27)(H,26,30). The molecular formula is C20H13ClF2N6O. The minimum absolute atomic E-state index is 0.162. The smallest absolute Gasteiger partial charge is 0.257 e. The van der Waals surface area contributed by atoms with E-state index < -0.39 is 17.5 Å². The number of anilines is 3. The van der Waals surface area contributed by atoms with Gasteiger partial charge < -0.3 is 10.6 Å². The zero-order valence-corrected chi connectivity index (χ0v) is 15.9. The predicted octanol–water partition coefficient (Wildman–Crippen LogP) is 4.59. The molecule has 4 rings (SSSR count). The molecule has 0 aliphatic carbocycles. The van der Waals surface area contributed by atoms with Gasteiger partial charge in [0.25, 0.3) is 5.91 Å². The Kier molecular flexibility index (Phi) is 5.36. The number of rotatable bonds is 5. The van der Waals surface area contributed by atoms with Gasteiger partial charge in [0, 0.05) is 23.8 Å². The molecule has 0 saturated heterocycles. The van der Waals surface area contributed by atoms with Crippen molar-refractivity contribution in [2.45, 2.75) is 0 Å². The molecule has 4 aromatic rings. The second-order valence-electron chi connectivity index (χ2n) is 6.13. The Morgan fingerprint density at radius 2 is 1.70 bits per heavy atom. The van der Waals surface area contributed by atoms with Crippen molar-refractivity contribution in [3.05, 3.63) is 89.2 Å². The maximum absolute atomic E-state index is 13.4.